The molecule has 0 aliphatic carbocycles. The molecule has 0 amide bonds. The number of hydrogen-bond donors (Lipinski definition) is 3. The molecule has 0 radical (unpaired) electrons. The number of rotatable bonds is 7. The van der Waals surface area contributed by atoms with E-state index >= 15 is 0 Å². The molecule has 21 heavy (non-hydrogen) atoms. The van der Waals surface area contributed by atoms with Gasteiger partial charge in [0, 0.05) is 31.1 Å². The lowest BCUT2D eigenvalue weighted by Gasteiger charge is -2.12. The van der Waals surface area contributed by atoms with Crippen LogP contribution in [0, 0.1) is 0 Å². The molecular weight excluding hydrogens is 298 g/mol. The number of imidazole rings is 2. The molecule has 2 aromatic rings. The largest absolute Gasteiger partial charge is 0.480 e. The van der Waals surface area contributed by atoms with E-state index in [-0.39, 0.29) is 11.4 Å². The Hall–Kier alpha value is -2.20. The fourth-order valence-corrected chi connectivity index (χ4v) is 2.83. The number of carboxylic acid groups (broad SMARTS) is 1. The van der Waals surface area contributed by atoms with Crippen LogP contribution in [0.3, 0.4) is 0 Å². The number of nitrogens with one attached hydrogen (secondary N) is 2. The van der Waals surface area contributed by atoms with E-state index in [1.54, 1.807) is 4.57 Å². The van der Waals surface area contributed by atoms with E-state index in [1.165, 1.54) is 25.0 Å². The Balaban J connectivity index is 2.17. The minimum Gasteiger partial charge on any atom is -0.480 e. The fraction of sp³-hybridized carbons (Fsp3) is 0.364. The number of aromatic nitrogens is 4. The number of H-pyrrole nitrogens is 1. The van der Waals surface area contributed by atoms with E-state index in [2.05, 4.69) is 19.7 Å². The highest BCUT2D eigenvalue weighted by atomic mass is 32.2. The van der Waals surface area contributed by atoms with Gasteiger partial charge in [0.25, 0.3) is 10.0 Å². The molecule has 0 aliphatic rings. The first kappa shape index (κ1) is 15.2. The zero-order chi connectivity index (χ0) is 15.5. The second-order valence-corrected chi connectivity index (χ2v) is 6.00. The van der Waals surface area contributed by atoms with Crippen LogP contribution in [0.2, 0.25) is 0 Å². The number of aryl methyl sites for hydroxylation is 1. The van der Waals surface area contributed by atoms with Crippen molar-refractivity contribution in [1.82, 2.24) is 24.2 Å². The zero-order valence-corrected chi connectivity index (χ0v) is 12.0. The summed E-state index contributed by atoms with van der Waals surface area (Å²) in [5.41, 5.74) is 0.518. The second-order valence-electron chi connectivity index (χ2n) is 4.34. The number of carbonyl (C=O) groups is 1. The second kappa shape index (κ2) is 6.06. The minimum absolute atomic E-state index is 0.0386. The van der Waals surface area contributed by atoms with Crippen molar-refractivity contribution in [2.45, 2.75) is 31.0 Å². The highest BCUT2D eigenvalue weighted by Crippen LogP contribution is 2.08. The Bertz CT molecular complexity index is 707. The number of nitrogens with zero attached hydrogens (tertiary/aromatic N) is 3. The fourth-order valence-electron chi connectivity index (χ4n) is 1.69. The Labute approximate surface area is 121 Å². The van der Waals surface area contributed by atoms with E-state index in [0.717, 1.165) is 0 Å². The lowest BCUT2D eigenvalue weighted by Crippen LogP contribution is -2.42. The van der Waals surface area contributed by atoms with Gasteiger partial charge in [0.2, 0.25) is 0 Å². The number of sulfonamides is 1. The highest BCUT2D eigenvalue weighted by Gasteiger charge is 2.27. The minimum atomic E-state index is -3.99. The van der Waals surface area contributed by atoms with E-state index in [9.17, 15) is 13.2 Å². The summed E-state index contributed by atoms with van der Waals surface area (Å²) < 4.78 is 28.0. The quantitative estimate of drug-likeness (QED) is 0.637. The predicted molar refractivity (Wildman–Crippen MR) is 71.9 cm³/mol. The molecule has 0 fully saturated rings. The van der Waals surface area contributed by atoms with Crippen molar-refractivity contribution in [3.63, 3.8) is 0 Å². The smallest absolute Gasteiger partial charge is 0.322 e. The van der Waals surface area contributed by atoms with Crippen molar-refractivity contribution in [3.8, 4) is 0 Å². The van der Waals surface area contributed by atoms with E-state index in [4.69, 9.17) is 5.11 Å². The van der Waals surface area contributed by atoms with Crippen LogP contribution >= 0.6 is 0 Å². The van der Waals surface area contributed by atoms with Gasteiger partial charge in [-0.2, -0.15) is 4.72 Å². The van der Waals surface area contributed by atoms with Gasteiger partial charge in [0.1, 0.15) is 6.04 Å². The summed E-state index contributed by atoms with van der Waals surface area (Å²) in [5.74, 6) is -1.27. The summed E-state index contributed by atoms with van der Waals surface area (Å²) in [7, 11) is -3.99. The summed E-state index contributed by atoms with van der Waals surface area (Å²) >= 11 is 0. The van der Waals surface area contributed by atoms with Crippen molar-refractivity contribution >= 4 is 16.0 Å². The molecule has 9 nitrogen and oxygen atoms in total. The summed E-state index contributed by atoms with van der Waals surface area (Å²) in [5, 5.41) is 8.94. The number of carboxylic acids is 1. The molecule has 114 valence electrons. The lowest BCUT2D eigenvalue weighted by atomic mass is 10.2. The molecule has 0 saturated heterocycles. The number of aromatic amines is 1. The van der Waals surface area contributed by atoms with Gasteiger partial charge in [-0.05, 0) is 6.92 Å². The van der Waals surface area contributed by atoms with Crippen LogP contribution in [0.25, 0.3) is 0 Å². The van der Waals surface area contributed by atoms with Crippen LogP contribution < -0.4 is 4.72 Å². The summed E-state index contributed by atoms with van der Waals surface area (Å²) in [4.78, 5) is 21.5. The first-order chi connectivity index (χ1) is 9.92. The van der Waals surface area contributed by atoms with Crippen molar-refractivity contribution < 1.29 is 18.3 Å². The number of hydrogen-bond acceptors (Lipinski definition) is 5. The van der Waals surface area contributed by atoms with Gasteiger partial charge < -0.3 is 14.7 Å². The molecule has 0 saturated carbocycles. The molecule has 0 spiro atoms. The molecule has 0 aliphatic heterocycles. The van der Waals surface area contributed by atoms with Gasteiger partial charge in [0.15, 0.2) is 5.03 Å². The van der Waals surface area contributed by atoms with Gasteiger partial charge >= 0.3 is 5.97 Å². The molecule has 3 N–H and O–H groups in total. The van der Waals surface area contributed by atoms with Crippen LogP contribution in [0.1, 0.15) is 12.6 Å². The van der Waals surface area contributed by atoms with Crippen LogP contribution in [0.15, 0.2) is 30.1 Å². The topological polar surface area (TPSA) is 130 Å². The molecule has 1 atom stereocenters. The van der Waals surface area contributed by atoms with Gasteiger partial charge in [-0.3, -0.25) is 4.79 Å². The first-order valence-corrected chi connectivity index (χ1v) is 7.65. The Morgan fingerprint density at radius 2 is 2.33 bits per heavy atom. The monoisotopic (exact) mass is 313 g/mol. The van der Waals surface area contributed by atoms with Crippen LogP contribution in [0.4, 0.5) is 0 Å². The van der Waals surface area contributed by atoms with Crippen molar-refractivity contribution in [3.05, 3.63) is 30.7 Å². The summed E-state index contributed by atoms with van der Waals surface area (Å²) in [6, 6.07) is -1.30. The lowest BCUT2D eigenvalue weighted by molar-refractivity contribution is -0.138. The van der Waals surface area contributed by atoms with E-state index in [0.29, 0.717) is 12.2 Å². The molecule has 2 heterocycles. The predicted octanol–water partition coefficient (Wildman–Crippen LogP) is -0.400. The molecular formula is C11H15N5O4S. The summed E-state index contributed by atoms with van der Waals surface area (Å²) in [6.45, 7) is 2.41. The molecule has 10 heteroatoms. The van der Waals surface area contributed by atoms with Crippen LogP contribution in [-0.4, -0.2) is 45.1 Å². The molecule has 0 bridgehead atoms. The highest BCUT2D eigenvalue weighted by molar-refractivity contribution is 7.89. The third-order valence-electron chi connectivity index (χ3n) is 2.82. The Morgan fingerprint density at radius 3 is 2.86 bits per heavy atom. The molecule has 0 unspecified atom stereocenters. The standard InChI is InChI=1S/C11H15N5O4S/c1-2-16-5-10(14-7-16)21(19,20)15-9(11(17)18)3-8-4-12-6-13-8/h4-7,9,15H,2-3H2,1H3,(H,12,13)(H,17,18)/t9-/m0/s1. The molecule has 2 rings (SSSR count). The van der Waals surface area contributed by atoms with E-state index in [1.807, 2.05) is 6.92 Å². The summed E-state index contributed by atoms with van der Waals surface area (Å²) in [6.07, 6.45) is 5.52. The van der Waals surface area contributed by atoms with Gasteiger partial charge in [-0.15, -0.1) is 0 Å². The SMILES string of the molecule is CCn1cnc(S(=O)(=O)N[C@@H](Cc2cnc[nH]2)C(=O)O)c1. The normalized spacial score (nSPS) is 13.2. The molecule has 0 aromatic carbocycles. The van der Waals surface area contributed by atoms with E-state index < -0.39 is 22.0 Å². The zero-order valence-electron chi connectivity index (χ0n) is 11.2. The third kappa shape index (κ3) is 3.67. The van der Waals surface area contributed by atoms with Crippen LogP contribution in [0.5, 0.6) is 0 Å². The van der Waals surface area contributed by atoms with Crippen molar-refractivity contribution in [2.24, 2.45) is 0 Å². The average molecular weight is 313 g/mol. The number of aliphatic carboxylic acids is 1. The molecule has 2 aromatic heterocycles. The Kier molecular flexibility index (Phi) is 4.38. The third-order valence-corrected chi connectivity index (χ3v) is 4.18. The maximum absolute atomic E-state index is 12.1. The van der Waals surface area contributed by atoms with Gasteiger partial charge in [-0.25, -0.2) is 18.4 Å². The average Bonchev–Trinajstić information content (AvgIpc) is 3.08. The maximum atomic E-state index is 12.1. The van der Waals surface area contributed by atoms with Gasteiger partial charge in [-0.1, -0.05) is 0 Å². The van der Waals surface area contributed by atoms with Gasteiger partial charge in [0.05, 0.1) is 12.7 Å². The maximum Gasteiger partial charge on any atom is 0.322 e. The van der Waals surface area contributed by atoms with Crippen LogP contribution in [-0.2, 0) is 27.8 Å². The first-order valence-electron chi connectivity index (χ1n) is 6.16. The van der Waals surface area contributed by atoms with Crippen molar-refractivity contribution in [2.75, 3.05) is 0 Å². The Morgan fingerprint density at radius 1 is 1.57 bits per heavy atom. The van der Waals surface area contributed by atoms with Crippen molar-refractivity contribution in [1.29, 1.82) is 0 Å².